The first-order valence-electron chi connectivity index (χ1n) is 19.4. The molecule has 2 aromatic rings. The molecule has 49 heavy (non-hydrogen) atoms. The van der Waals surface area contributed by atoms with Crippen molar-refractivity contribution in [1.82, 2.24) is 0 Å². The minimum Gasteiger partial charge on any atom is -0.463 e. The molecule has 2 fully saturated rings. The molecule has 0 saturated heterocycles. The fraction of sp³-hybridized carbons (Fsp3) is 0.682. The Balaban J connectivity index is 0.982. The molecule has 2 saturated carbocycles. The van der Waals surface area contributed by atoms with Crippen LogP contribution in [0.3, 0.4) is 0 Å². The Morgan fingerprint density at radius 3 is 1.43 bits per heavy atom. The van der Waals surface area contributed by atoms with Crippen LogP contribution in [0.15, 0.2) is 36.4 Å². The van der Waals surface area contributed by atoms with Crippen LogP contribution in [0.1, 0.15) is 152 Å². The third-order valence-corrected chi connectivity index (χ3v) is 13.9. The summed E-state index contributed by atoms with van der Waals surface area (Å²) in [7, 11) is 0. The highest BCUT2D eigenvalue weighted by Gasteiger charge is 2.57. The van der Waals surface area contributed by atoms with Gasteiger partial charge in [0.05, 0.1) is 24.0 Å². The van der Waals surface area contributed by atoms with Gasteiger partial charge >= 0.3 is 11.9 Å². The maximum Gasteiger partial charge on any atom is 0.312 e. The number of fused-ring (bicyclic) bond motifs is 6. The van der Waals surface area contributed by atoms with Crippen molar-refractivity contribution in [3.8, 4) is 0 Å². The van der Waals surface area contributed by atoms with Crippen molar-refractivity contribution in [1.29, 1.82) is 0 Å². The molecule has 0 heterocycles. The van der Waals surface area contributed by atoms with Crippen LogP contribution in [0, 0.1) is 22.7 Å². The predicted octanol–water partition coefficient (Wildman–Crippen LogP) is 9.76. The first-order valence-corrected chi connectivity index (χ1v) is 19.4. The lowest BCUT2D eigenvalue weighted by Crippen LogP contribution is -2.53. The minimum atomic E-state index is -0.503. The maximum absolute atomic E-state index is 13.7. The van der Waals surface area contributed by atoms with Gasteiger partial charge in [0.25, 0.3) is 0 Å². The Hall–Kier alpha value is -2.66. The molecule has 6 atom stereocenters. The van der Waals surface area contributed by atoms with E-state index in [1.54, 1.807) is 0 Å². The van der Waals surface area contributed by atoms with Crippen molar-refractivity contribution >= 4 is 11.9 Å². The number of aryl methyl sites for hydroxylation is 2. The van der Waals surface area contributed by atoms with Crippen molar-refractivity contribution < 1.29 is 23.8 Å². The molecule has 5 heteroatoms. The molecule has 0 aromatic heterocycles. The van der Waals surface area contributed by atoms with Gasteiger partial charge in [0.1, 0.15) is 13.2 Å². The summed E-state index contributed by atoms with van der Waals surface area (Å²) in [4.78, 5) is 27.4. The lowest BCUT2D eigenvalue weighted by Gasteiger charge is -2.54. The first-order chi connectivity index (χ1) is 23.2. The van der Waals surface area contributed by atoms with E-state index in [1.807, 2.05) is 0 Å². The predicted molar refractivity (Wildman–Crippen MR) is 196 cm³/mol. The summed E-state index contributed by atoms with van der Waals surface area (Å²) in [6.45, 7) is 19.1. The lowest BCUT2D eigenvalue weighted by molar-refractivity contribution is -0.167. The van der Waals surface area contributed by atoms with Crippen LogP contribution in [0.2, 0.25) is 0 Å². The zero-order chi connectivity index (χ0) is 35.2. The second-order valence-electron chi connectivity index (χ2n) is 17.6. The smallest absolute Gasteiger partial charge is 0.312 e. The van der Waals surface area contributed by atoms with Gasteiger partial charge in [-0.15, -0.1) is 0 Å². The summed E-state index contributed by atoms with van der Waals surface area (Å²) >= 11 is 0. The Bertz CT molecular complexity index is 1430. The van der Waals surface area contributed by atoms with Crippen molar-refractivity contribution in [2.75, 3.05) is 26.4 Å². The molecular weight excluding hydrogens is 608 g/mol. The van der Waals surface area contributed by atoms with E-state index in [9.17, 15) is 9.59 Å². The topological polar surface area (TPSA) is 61.8 Å². The van der Waals surface area contributed by atoms with Crippen LogP contribution in [0.5, 0.6) is 0 Å². The van der Waals surface area contributed by atoms with Gasteiger partial charge in [-0.05, 0) is 133 Å². The highest BCUT2D eigenvalue weighted by Crippen LogP contribution is 2.59. The van der Waals surface area contributed by atoms with Crippen LogP contribution >= 0.6 is 0 Å². The summed E-state index contributed by atoms with van der Waals surface area (Å²) < 4.78 is 17.6. The molecule has 2 aromatic carbocycles. The van der Waals surface area contributed by atoms with Crippen LogP contribution < -0.4 is 0 Å². The molecule has 0 radical (unpaired) electrons. The Labute approximate surface area is 296 Å². The van der Waals surface area contributed by atoms with E-state index in [-0.39, 0.29) is 47.8 Å². The SMILES string of the molecule is CC(C)c1ccc2c(c1)CCC1C(C)(C(=O)OCCOCCOC(=O)C3(C)CCCC4(C)c5ccc(C(C)C)cc5CCC34)CCCC21C. The monoisotopic (exact) mass is 670 g/mol. The van der Waals surface area contributed by atoms with Gasteiger partial charge < -0.3 is 14.2 Å². The molecule has 5 nitrogen and oxygen atoms in total. The van der Waals surface area contributed by atoms with Gasteiger partial charge in [-0.25, -0.2) is 0 Å². The standard InChI is InChI=1S/C44H62O5/c1-29(2)31-11-15-35-33(27-31)13-17-37-41(35,5)19-9-21-43(37,7)39(45)48-25-23-47-24-26-49-40(46)44(8)22-10-20-42(6)36-16-12-32(30(3)4)28-34(36)14-18-38(42)44/h11-12,15-16,27-30,37-38H,9-10,13-14,17-26H2,1-8H3. The van der Waals surface area contributed by atoms with E-state index in [0.717, 1.165) is 64.2 Å². The molecule has 0 N–H and O–H groups in total. The number of rotatable bonds is 10. The van der Waals surface area contributed by atoms with E-state index in [0.29, 0.717) is 25.0 Å². The molecule has 0 aliphatic heterocycles. The second kappa shape index (κ2) is 13.8. The van der Waals surface area contributed by atoms with Gasteiger partial charge in [0, 0.05) is 0 Å². The molecule has 0 bridgehead atoms. The largest absolute Gasteiger partial charge is 0.463 e. The fourth-order valence-electron chi connectivity index (χ4n) is 11.0. The Morgan fingerprint density at radius 2 is 1.04 bits per heavy atom. The van der Waals surface area contributed by atoms with Gasteiger partial charge in [-0.3, -0.25) is 9.59 Å². The average Bonchev–Trinajstić information content (AvgIpc) is 3.06. The lowest BCUT2D eigenvalue weighted by atomic mass is 9.49. The van der Waals surface area contributed by atoms with E-state index >= 15 is 0 Å². The normalized spacial score (nSPS) is 32.1. The summed E-state index contributed by atoms with van der Waals surface area (Å²) in [6.07, 6.45) is 10.1. The highest BCUT2D eigenvalue weighted by molar-refractivity contribution is 5.78. The first kappa shape index (κ1) is 36.1. The van der Waals surface area contributed by atoms with Gasteiger partial charge in [0.2, 0.25) is 0 Å². The number of hydrogen-bond donors (Lipinski definition) is 0. The quantitative estimate of drug-likeness (QED) is 0.186. The second-order valence-corrected chi connectivity index (χ2v) is 17.6. The summed E-state index contributed by atoms with van der Waals surface area (Å²) in [5, 5.41) is 0. The molecule has 6 unspecified atom stereocenters. The van der Waals surface area contributed by atoms with E-state index < -0.39 is 10.8 Å². The van der Waals surface area contributed by atoms with Gasteiger partial charge in [-0.1, -0.05) is 90.8 Å². The van der Waals surface area contributed by atoms with Crippen molar-refractivity contribution in [2.45, 2.75) is 142 Å². The third kappa shape index (κ3) is 6.40. The van der Waals surface area contributed by atoms with E-state index in [1.165, 1.54) is 33.4 Å². The van der Waals surface area contributed by atoms with Crippen molar-refractivity contribution in [3.63, 3.8) is 0 Å². The maximum atomic E-state index is 13.7. The number of benzene rings is 2. The van der Waals surface area contributed by atoms with Crippen LogP contribution in [-0.2, 0) is 47.5 Å². The molecule has 268 valence electrons. The van der Waals surface area contributed by atoms with Crippen molar-refractivity contribution in [2.24, 2.45) is 22.7 Å². The van der Waals surface area contributed by atoms with Gasteiger partial charge in [0.15, 0.2) is 0 Å². The fourth-order valence-corrected chi connectivity index (χ4v) is 11.0. The highest BCUT2D eigenvalue weighted by atomic mass is 16.6. The molecule has 4 aliphatic rings. The number of esters is 2. The zero-order valence-corrected chi connectivity index (χ0v) is 31.7. The minimum absolute atomic E-state index is 0.0137. The number of ether oxygens (including phenoxy) is 3. The Morgan fingerprint density at radius 1 is 0.633 bits per heavy atom. The van der Waals surface area contributed by atoms with Crippen molar-refractivity contribution in [3.05, 3.63) is 69.8 Å². The average molecular weight is 671 g/mol. The summed E-state index contributed by atoms with van der Waals surface area (Å²) in [5.74, 6) is 1.37. The Kier molecular flexibility index (Phi) is 10.2. The molecule has 0 amide bonds. The molecule has 0 spiro atoms. The van der Waals surface area contributed by atoms with E-state index in [2.05, 4.69) is 91.8 Å². The molecule has 4 aliphatic carbocycles. The number of hydrogen-bond acceptors (Lipinski definition) is 5. The number of carbonyl (C=O) groups is 2. The molecular formula is C44H62O5. The van der Waals surface area contributed by atoms with Crippen LogP contribution in [-0.4, -0.2) is 38.4 Å². The molecule has 6 rings (SSSR count). The van der Waals surface area contributed by atoms with Gasteiger partial charge in [-0.2, -0.15) is 0 Å². The summed E-state index contributed by atoms with van der Waals surface area (Å²) in [5.41, 5.74) is 7.56. The van der Waals surface area contributed by atoms with Crippen LogP contribution in [0.25, 0.3) is 0 Å². The summed E-state index contributed by atoms with van der Waals surface area (Å²) in [6, 6.07) is 14.1. The zero-order valence-electron chi connectivity index (χ0n) is 31.7. The number of carbonyl (C=O) groups excluding carboxylic acids is 2. The van der Waals surface area contributed by atoms with E-state index in [4.69, 9.17) is 14.2 Å². The van der Waals surface area contributed by atoms with Crippen LogP contribution in [0.4, 0.5) is 0 Å². The third-order valence-electron chi connectivity index (χ3n) is 13.9.